The second kappa shape index (κ2) is 7.72. The SMILES string of the molecule is Cc1nn(C[C@@H](C(=O)c2ccccc2)c2cccc(Cl)c2)c(C)c1[N+](=O)[O-]. The number of carbonyl (C=O) groups is 1. The molecule has 0 N–H and O–H groups in total. The summed E-state index contributed by atoms with van der Waals surface area (Å²) in [5.41, 5.74) is 2.04. The lowest BCUT2D eigenvalue weighted by atomic mass is 9.90. The van der Waals surface area contributed by atoms with Gasteiger partial charge in [-0.3, -0.25) is 19.6 Å². The van der Waals surface area contributed by atoms with Crippen LogP contribution in [0.4, 0.5) is 5.69 Å². The predicted molar refractivity (Wildman–Crippen MR) is 103 cm³/mol. The summed E-state index contributed by atoms with van der Waals surface area (Å²) in [7, 11) is 0. The van der Waals surface area contributed by atoms with Gasteiger partial charge in [0, 0.05) is 10.6 Å². The third-order valence-corrected chi connectivity index (χ3v) is 4.74. The van der Waals surface area contributed by atoms with Gasteiger partial charge in [0.25, 0.3) is 0 Å². The average Bonchev–Trinajstić information content (AvgIpc) is 2.93. The molecule has 0 spiro atoms. The van der Waals surface area contributed by atoms with Crippen molar-refractivity contribution in [1.29, 1.82) is 0 Å². The highest BCUT2D eigenvalue weighted by atomic mass is 35.5. The number of aryl methyl sites for hydroxylation is 1. The molecule has 0 radical (unpaired) electrons. The van der Waals surface area contributed by atoms with E-state index in [2.05, 4.69) is 5.10 Å². The molecule has 3 aromatic rings. The smallest absolute Gasteiger partial charge is 0.293 e. The molecule has 27 heavy (non-hydrogen) atoms. The number of ketones is 1. The van der Waals surface area contributed by atoms with E-state index in [4.69, 9.17) is 11.6 Å². The monoisotopic (exact) mass is 383 g/mol. The van der Waals surface area contributed by atoms with E-state index >= 15 is 0 Å². The van der Waals surface area contributed by atoms with Gasteiger partial charge in [-0.1, -0.05) is 54.1 Å². The van der Waals surface area contributed by atoms with Crippen molar-refractivity contribution in [3.8, 4) is 0 Å². The van der Waals surface area contributed by atoms with Crippen LogP contribution in [0.3, 0.4) is 0 Å². The van der Waals surface area contributed by atoms with Crippen molar-refractivity contribution in [2.24, 2.45) is 0 Å². The Kier molecular flexibility index (Phi) is 5.37. The van der Waals surface area contributed by atoms with E-state index in [-0.39, 0.29) is 18.0 Å². The minimum absolute atomic E-state index is 0.0213. The zero-order valence-electron chi connectivity index (χ0n) is 14.9. The third kappa shape index (κ3) is 3.90. The molecule has 1 atom stereocenters. The van der Waals surface area contributed by atoms with Crippen molar-refractivity contribution < 1.29 is 9.72 Å². The molecule has 138 valence electrons. The molecular formula is C20H18ClN3O3. The van der Waals surface area contributed by atoms with Gasteiger partial charge in [0.15, 0.2) is 5.78 Å². The average molecular weight is 384 g/mol. The van der Waals surface area contributed by atoms with Crippen LogP contribution in [0.5, 0.6) is 0 Å². The van der Waals surface area contributed by atoms with Gasteiger partial charge in [-0.15, -0.1) is 0 Å². The highest BCUT2D eigenvalue weighted by Gasteiger charge is 2.27. The van der Waals surface area contributed by atoms with E-state index in [9.17, 15) is 14.9 Å². The Labute approximate surface area is 161 Å². The second-order valence-corrected chi connectivity index (χ2v) is 6.73. The summed E-state index contributed by atoms with van der Waals surface area (Å²) in [5.74, 6) is -0.656. The van der Waals surface area contributed by atoms with Crippen LogP contribution in [-0.4, -0.2) is 20.5 Å². The first-order valence-electron chi connectivity index (χ1n) is 8.41. The number of carbonyl (C=O) groups excluding carboxylic acids is 1. The first-order chi connectivity index (χ1) is 12.9. The summed E-state index contributed by atoms with van der Waals surface area (Å²) < 4.78 is 1.53. The lowest BCUT2D eigenvalue weighted by Crippen LogP contribution is -2.20. The van der Waals surface area contributed by atoms with E-state index < -0.39 is 10.8 Å². The molecule has 7 heteroatoms. The first-order valence-corrected chi connectivity index (χ1v) is 8.79. The topological polar surface area (TPSA) is 78.0 Å². The summed E-state index contributed by atoms with van der Waals surface area (Å²) in [6, 6.07) is 16.1. The fourth-order valence-electron chi connectivity index (χ4n) is 3.17. The molecule has 1 heterocycles. The maximum absolute atomic E-state index is 13.2. The van der Waals surface area contributed by atoms with E-state index in [0.717, 1.165) is 5.56 Å². The van der Waals surface area contributed by atoms with E-state index in [1.807, 2.05) is 12.1 Å². The Bertz CT molecular complexity index is 999. The van der Waals surface area contributed by atoms with E-state index in [0.29, 0.717) is 22.0 Å². The molecule has 0 aliphatic rings. The van der Waals surface area contributed by atoms with Crippen LogP contribution in [0.15, 0.2) is 54.6 Å². The molecule has 0 fully saturated rings. The quantitative estimate of drug-likeness (QED) is 0.350. The van der Waals surface area contributed by atoms with Crippen molar-refractivity contribution >= 4 is 23.1 Å². The third-order valence-electron chi connectivity index (χ3n) is 4.51. The van der Waals surface area contributed by atoms with Crippen molar-refractivity contribution in [3.05, 3.63) is 92.2 Å². The summed E-state index contributed by atoms with van der Waals surface area (Å²) in [6.45, 7) is 3.42. The van der Waals surface area contributed by atoms with Gasteiger partial charge in [-0.2, -0.15) is 5.10 Å². The van der Waals surface area contributed by atoms with Crippen LogP contribution in [0.1, 0.15) is 33.2 Å². The van der Waals surface area contributed by atoms with E-state index in [1.54, 1.807) is 56.3 Å². The summed E-state index contributed by atoms with van der Waals surface area (Å²) in [6.07, 6.45) is 0. The van der Waals surface area contributed by atoms with Crippen molar-refractivity contribution in [1.82, 2.24) is 9.78 Å². The molecule has 0 unspecified atom stereocenters. The molecule has 3 rings (SSSR count). The highest BCUT2D eigenvalue weighted by Crippen LogP contribution is 2.28. The van der Waals surface area contributed by atoms with Gasteiger partial charge in [0.1, 0.15) is 11.4 Å². The Morgan fingerprint density at radius 3 is 2.48 bits per heavy atom. The Balaban J connectivity index is 2.05. The minimum Gasteiger partial charge on any atom is -0.293 e. The standard InChI is InChI=1S/C20H18ClN3O3/c1-13-19(24(26)27)14(2)23(22-13)12-18(16-9-6-10-17(21)11-16)20(25)15-7-4-3-5-8-15/h3-11,18H,12H2,1-2H3/t18-/m1/s1. The van der Waals surface area contributed by atoms with Gasteiger partial charge in [-0.05, 0) is 31.5 Å². The fourth-order valence-corrected chi connectivity index (χ4v) is 3.37. The van der Waals surface area contributed by atoms with Crippen LogP contribution in [-0.2, 0) is 6.54 Å². The summed E-state index contributed by atoms with van der Waals surface area (Å²) in [4.78, 5) is 24.0. The lowest BCUT2D eigenvalue weighted by molar-refractivity contribution is -0.386. The largest absolute Gasteiger partial charge is 0.312 e. The number of nitrogens with zero attached hydrogens (tertiary/aromatic N) is 3. The van der Waals surface area contributed by atoms with Crippen molar-refractivity contribution in [2.75, 3.05) is 0 Å². The molecule has 0 bridgehead atoms. The van der Waals surface area contributed by atoms with Crippen LogP contribution in [0.25, 0.3) is 0 Å². The van der Waals surface area contributed by atoms with Gasteiger partial charge in [-0.25, -0.2) is 0 Å². The van der Waals surface area contributed by atoms with Gasteiger partial charge < -0.3 is 0 Å². The van der Waals surface area contributed by atoms with Gasteiger partial charge >= 0.3 is 5.69 Å². The van der Waals surface area contributed by atoms with Crippen molar-refractivity contribution in [2.45, 2.75) is 26.3 Å². The van der Waals surface area contributed by atoms with Crippen LogP contribution in [0.2, 0.25) is 5.02 Å². The number of benzene rings is 2. The maximum Gasteiger partial charge on any atom is 0.312 e. The van der Waals surface area contributed by atoms with E-state index in [1.165, 1.54) is 4.68 Å². The zero-order chi connectivity index (χ0) is 19.6. The normalized spacial score (nSPS) is 12.0. The number of nitro groups is 1. The summed E-state index contributed by atoms with van der Waals surface area (Å²) in [5, 5.41) is 16.1. The Hall–Kier alpha value is -2.99. The second-order valence-electron chi connectivity index (χ2n) is 6.30. The number of halogens is 1. The fraction of sp³-hybridized carbons (Fsp3) is 0.200. The van der Waals surface area contributed by atoms with Crippen LogP contribution >= 0.6 is 11.6 Å². The highest BCUT2D eigenvalue weighted by molar-refractivity contribution is 6.30. The molecule has 0 saturated heterocycles. The molecule has 2 aromatic carbocycles. The molecule has 6 nitrogen and oxygen atoms in total. The molecular weight excluding hydrogens is 366 g/mol. The Morgan fingerprint density at radius 1 is 1.19 bits per heavy atom. The predicted octanol–water partition coefficient (Wildman–Crippen LogP) is 4.73. The molecule has 1 aromatic heterocycles. The maximum atomic E-state index is 13.2. The number of hydrogen-bond acceptors (Lipinski definition) is 4. The zero-order valence-corrected chi connectivity index (χ0v) is 15.7. The molecule has 0 aliphatic heterocycles. The number of rotatable bonds is 6. The summed E-state index contributed by atoms with van der Waals surface area (Å²) >= 11 is 6.12. The van der Waals surface area contributed by atoms with Crippen LogP contribution in [0, 0.1) is 24.0 Å². The molecule has 0 saturated carbocycles. The van der Waals surface area contributed by atoms with Crippen molar-refractivity contribution in [3.63, 3.8) is 0 Å². The van der Waals surface area contributed by atoms with Gasteiger partial charge in [0.2, 0.25) is 0 Å². The lowest BCUT2D eigenvalue weighted by Gasteiger charge is -2.18. The first kappa shape index (κ1) is 18.8. The Morgan fingerprint density at radius 2 is 1.89 bits per heavy atom. The number of aromatic nitrogens is 2. The minimum atomic E-state index is -0.566. The molecule has 0 aliphatic carbocycles. The van der Waals surface area contributed by atoms with Crippen LogP contribution < -0.4 is 0 Å². The number of Topliss-reactive ketones (excluding diaryl/α,β-unsaturated/α-hetero) is 1. The molecule has 0 amide bonds. The number of hydrogen-bond donors (Lipinski definition) is 0. The van der Waals surface area contributed by atoms with Gasteiger partial charge in [0.05, 0.1) is 17.4 Å².